The Morgan fingerprint density at radius 1 is 1.47 bits per heavy atom. The van der Waals surface area contributed by atoms with Gasteiger partial charge in [0.1, 0.15) is 6.10 Å². The number of rotatable bonds is 2. The molecule has 1 saturated heterocycles. The molecular formula is C11H14N2O2. The van der Waals surface area contributed by atoms with Gasteiger partial charge in [0.15, 0.2) is 0 Å². The monoisotopic (exact) mass is 206 g/mol. The minimum absolute atomic E-state index is 0.106. The van der Waals surface area contributed by atoms with Gasteiger partial charge < -0.3 is 15.8 Å². The van der Waals surface area contributed by atoms with Crippen LogP contribution in [0, 0.1) is 0 Å². The molecule has 1 aliphatic heterocycles. The lowest BCUT2D eigenvalue weighted by atomic mass is 10.2. The number of anilines is 2. The summed E-state index contributed by atoms with van der Waals surface area (Å²) in [5.74, 6) is -0.106. The number of hydrogen-bond donors (Lipinski definition) is 2. The summed E-state index contributed by atoms with van der Waals surface area (Å²) in [6.45, 7) is 0.669. The molecule has 1 aliphatic rings. The second-order valence-electron chi connectivity index (χ2n) is 3.58. The number of carbonyl (C=O) groups is 1. The first kappa shape index (κ1) is 9.98. The Labute approximate surface area is 88.4 Å². The molecule has 1 heterocycles. The number of hydrogen-bond acceptors (Lipinski definition) is 3. The van der Waals surface area contributed by atoms with E-state index in [0.717, 1.165) is 12.8 Å². The van der Waals surface area contributed by atoms with Gasteiger partial charge in [-0.05, 0) is 25.0 Å². The summed E-state index contributed by atoms with van der Waals surface area (Å²) in [4.78, 5) is 11.7. The van der Waals surface area contributed by atoms with Crippen LogP contribution < -0.4 is 11.1 Å². The van der Waals surface area contributed by atoms with Crippen LogP contribution >= 0.6 is 0 Å². The van der Waals surface area contributed by atoms with Gasteiger partial charge in [0.05, 0.1) is 11.4 Å². The van der Waals surface area contributed by atoms with E-state index in [9.17, 15) is 4.79 Å². The van der Waals surface area contributed by atoms with Gasteiger partial charge in [-0.25, -0.2) is 0 Å². The van der Waals surface area contributed by atoms with E-state index >= 15 is 0 Å². The zero-order valence-corrected chi connectivity index (χ0v) is 8.40. The Kier molecular flexibility index (Phi) is 2.87. The highest BCUT2D eigenvalue weighted by molar-refractivity contribution is 5.96. The first-order valence-corrected chi connectivity index (χ1v) is 5.04. The smallest absolute Gasteiger partial charge is 0.253 e. The summed E-state index contributed by atoms with van der Waals surface area (Å²) in [6.07, 6.45) is 1.42. The van der Waals surface area contributed by atoms with Gasteiger partial charge in [-0.15, -0.1) is 0 Å². The third-order valence-corrected chi connectivity index (χ3v) is 2.44. The highest BCUT2D eigenvalue weighted by Gasteiger charge is 2.23. The van der Waals surface area contributed by atoms with Gasteiger partial charge in [-0.2, -0.15) is 0 Å². The van der Waals surface area contributed by atoms with Crippen LogP contribution in [0.3, 0.4) is 0 Å². The molecule has 1 atom stereocenters. The summed E-state index contributed by atoms with van der Waals surface area (Å²) in [5.41, 5.74) is 6.94. The molecule has 4 heteroatoms. The normalized spacial score (nSPS) is 20.1. The fraction of sp³-hybridized carbons (Fsp3) is 0.364. The van der Waals surface area contributed by atoms with E-state index in [0.29, 0.717) is 18.0 Å². The first-order chi connectivity index (χ1) is 7.27. The number of nitrogens with one attached hydrogen (secondary N) is 1. The molecule has 1 fully saturated rings. The van der Waals surface area contributed by atoms with Crippen molar-refractivity contribution in [1.29, 1.82) is 0 Å². The lowest BCUT2D eigenvalue weighted by molar-refractivity contribution is -0.124. The zero-order chi connectivity index (χ0) is 10.7. The molecule has 1 unspecified atom stereocenters. The fourth-order valence-electron chi connectivity index (χ4n) is 1.61. The van der Waals surface area contributed by atoms with Crippen molar-refractivity contribution in [1.82, 2.24) is 0 Å². The van der Waals surface area contributed by atoms with Crippen LogP contribution in [-0.2, 0) is 9.53 Å². The molecule has 3 N–H and O–H groups in total. The Morgan fingerprint density at radius 3 is 2.93 bits per heavy atom. The van der Waals surface area contributed by atoms with Crippen molar-refractivity contribution in [2.75, 3.05) is 17.7 Å². The highest BCUT2D eigenvalue weighted by atomic mass is 16.5. The average Bonchev–Trinajstić information content (AvgIpc) is 2.74. The number of para-hydroxylation sites is 2. The fourth-order valence-corrected chi connectivity index (χ4v) is 1.61. The molecule has 0 radical (unpaired) electrons. The van der Waals surface area contributed by atoms with E-state index in [4.69, 9.17) is 10.5 Å². The third kappa shape index (κ3) is 2.27. The minimum atomic E-state index is -0.315. The number of nitrogen functional groups attached to an aromatic ring is 1. The van der Waals surface area contributed by atoms with Crippen LogP contribution in [0.1, 0.15) is 12.8 Å². The molecule has 0 aromatic heterocycles. The second kappa shape index (κ2) is 4.31. The minimum Gasteiger partial charge on any atom is -0.397 e. The van der Waals surface area contributed by atoms with Crippen LogP contribution in [0.15, 0.2) is 24.3 Å². The molecule has 2 rings (SSSR count). The largest absolute Gasteiger partial charge is 0.397 e. The molecule has 80 valence electrons. The maximum absolute atomic E-state index is 11.7. The van der Waals surface area contributed by atoms with Crippen LogP contribution in [-0.4, -0.2) is 18.6 Å². The summed E-state index contributed by atoms with van der Waals surface area (Å²) in [6, 6.07) is 7.20. The maximum Gasteiger partial charge on any atom is 0.253 e. The molecule has 0 spiro atoms. The van der Waals surface area contributed by atoms with Crippen molar-refractivity contribution in [3.8, 4) is 0 Å². The molecule has 4 nitrogen and oxygen atoms in total. The van der Waals surface area contributed by atoms with E-state index in [2.05, 4.69) is 5.32 Å². The van der Waals surface area contributed by atoms with Crippen LogP contribution in [0.25, 0.3) is 0 Å². The summed E-state index contributed by atoms with van der Waals surface area (Å²) >= 11 is 0. The molecule has 0 saturated carbocycles. The van der Waals surface area contributed by atoms with Crippen molar-refractivity contribution < 1.29 is 9.53 Å². The molecule has 1 aromatic carbocycles. The van der Waals surface area contributed by atoms with Gasteiger partial charge in [0, 0.05) is 6.61 Å². The van der Waals surface area contributed by atoms with Crippen molar-refractivity contribution >= 4 is 17.3 Å². The van der Waals surface area contributed by atoms with Gasteiger partial charge in [-0.3, -0.25) is 4.79 Å². The van der Waals surface area contributed by atoms with E-state index in [1.807, 2.05) is 12.1 Å². The van der Waals surface area contributed by atoms with Gasteiger partial charge in [-0.1, -0.05) is 12.1 Å². The van der Waals surface area contributed by atoms with E-state index < -0.39 is 0 Å². The number of ether oxygens (including phenoxy) is 1. The molecule has 0 aliphatic carbocycles. The van der Waals surface area contributed by atoms with E-state index in [-0.39, 0.29) is 12.0 Å². The predicted molar refractivity (Wildman–Crippen MR) is 58.5 cm³/mol. The maximum atomic E-state index is 11.7. The van der Waals surface area contributed by atoms with Crippen LogP contribution in [0.5, 0.6) is 0 Å². The number of benzene rings is 1. The average molecular weight is 206 g/mol. The standard InChI is InChI=1S/C11H14N2O2/c12-8-4-1-2-5-9(8)13-11(14)10-6-3-7-15-10/h1-2,4-5,10H,3,6-7,12H2,(H,13,14). The first-order valence-electron chi connectivity index (χ1n) is 5.04. The van der Waals surface area contributed by atoms with Crippen molar-refractivity contribution in [3.05, 3.63) is 24.3 Å². The Morgan fingerprint density at radius 2 is 2.27 bits per heavy atom. The highest BCUT2D eigenvalue weighted by Crippen LogP contribution is 2.19. The van der Waals surface area contributed by atoms with Crippen LogP contribution in [0.4, 0.5) is 11.4 Å². The van der Waals surface area contributed by atoms with E-state index in [1.165, 1.54) is 0 Å². The third-order valence-electron chi connectivity index (χ3n) is 2.44. The Hall–Kier alpha value is -1.55. The summed E-state index contributed by atoms with van der Waals surface area (Å²) < 4.78 is 5.27. The Balaban J connectivity index is 2.02. The zero-order valence-electron chi connectivity index (χ0n) is 8.40. The van der Waals surface area contributed by atoms with E-state index in [1.54, 1.807) is 12.1 Å². The molecule has 15 heavy (non-hydrogen) atoms. The molecule has 1 amide bonds. The number of nitrogens with two attached hydrogens (primary N) is 1. The molecule has 0 bridgehead atoms. The van der Waals surface area contributed by atoms with Crippen molar-refractivity contribution in [3.63, 3.8) is 0 Å². The van der Waals surface area contributed by atoms with Gasteiger partial charge in [0.2, 0.25) is 0 Å². The molecule has 1 aromatic rings. The summed E-state index contributed by atoms with van der Waals surface area (Å²) in [7, 11) is 0. The predicted octanol–water partition coefficient (Wildman–Crippen LogP) is 1.39. The van der Waals surface area contributed by atoms with Crippen molar-refractivity contribution in [2.45, 2.75) is 18.9 Å². The lowest BCUT2D eigenvalue weighted by Crippen LogP contribution is -2.27. The Bertz CT molecular complexity index is 359. The van der Waals surface area contributed by atoms with Gasteiger partial charge >= 0.3 is 0 Å². The number of amides is 1. The molecular weight excluding hydrogens is 192 g/mol. The second-order valence-corrected chi connectivity index (χ2v) is 3.58. The number of carbonyl (C=O) groups excluding carboxylic acids is 1. The van der Waals surface area contributed by atoms with Crippen LogP contribution in [0.2, 0.25) is 0 Å². The topological polar surface area (TPSA) is 64.3 Å². The van der Waals surface area contributed by atoms with Gasteiger partial charge in [0.25, 0.3) is 5.91 Å². The SMILES string of the molecule is Nc1ccccc1NC(=O)C1CCCO1. The lowest BCUT2D eigenvalue weighted by Gasteiger charge is -2.11. The summed E-state index contributed by atoms with van der Waals surface area (Å²) in [5, 5.41) is 2.76. The quantitative estimate of drug-likeness (QED) is 0.718. The van der Waals surface area contributed by atoms with Crippen molar-refractivity contribution in [2.24, 2.45) is 0 Å².